The van der Waals surface area contributed by atoms with Crippen LogP contribution >= 0.6 is 0 Å². The summed E-state index contributed by atoms with van der Waals surface area (Å²) in [6.45, 7) is 1.43. The average Bonchev–Trinajstić information content (AvgIpc) is 2.39. The second-order valence-corrected chi connectivity index (χ2v) is 4.20. The number of nitro benzene ring substituents is 1. The number of nitrogens with one attached hydrogen (secondary N) is 2. The standard InChI is InChI=1S/C11H16N4O3/c12-14-10-5-9(6-11(7-10)15(16)17)13-8-1-3-18-4-2-8/h5-8,13-14H,1-4,12H2. The van der Waals surface area contributed by atoms with E-state index in [4.69, 9.17) is 10.6 Å². The van der Waals surface area contributed by atoms with E-state index in [1.54, 1.807) is 6.07 Å². The molecule has 0 aromatic heterocycles. The van der Waals surface area contributed by atoms with Gasteiger partial charge in [-0.2, -0.15) is 0 Å². The molecule has 1 aromatic rings. The first-order chi connectivity index (χ1) is 8.69. The van der Waals surface area contributed by atoms with Gasteiger partial charge in [-0.05, 0) is 18.9 Å². The molecule has 18 heavy (non-hydrogen) atoms. The molecule has 1 aliphatic rings. The summed E-state index contributed by atoms with van der Waals surface area (Å²) in [5, 5.41) is 14.1. The summed E-state index contributed by atoms with van der Waals surface area (Å²) in [5.74, 6) is 5.30. The maximum atomic E-state index is 10.8. The van der Waals surface area contributed by atoms with Gasteiger partial charge in [-0.1, -0.05) is 0 Å². The van der Waals surface area contributed by atoms with Crippen LogP contribution in [0, 0.1) is 10.1 Å². The van der Waals surface area contributed by atoms with Crippen molar-refractivity contribution >= 4 is 17.1 Å². The minimum absolute atomic E-state index is 0.0139. The maximum absolute atomic E-state index is 10.8. The van der Waals surface area contributed by atoms with Gasteiger partial charge in [0.15, 0.2) is 0 Å². The Labute approximate surface area is 104 Å². The van der Waals surface area contributed by atoms with Crippen LogP contribution in [-0.4, -0.2) is 24.2 Å². The first-order valence-corrected chi connectivity index (χ1v) is 5.79. The van der Waals surface area contributed by atoms with Crippen LogP contribution in [0.15, 0.2) is 18.2 Å². The summed E-state index contributed by atoms with van der Waals surface area (Å²) in [5.41, 5.74) is 3.66. The molecule has 0 radical (unpaired) electrons. The average molecular weight is 252 g/mol. The molecular weight excluding hydrogens is 236 g/mol. The SMILES string of the molecule is NNc1cc(NC2CCOCC2)cc([N+](=O)[O-])c1. The van der Waals surface area contributed by atoms with Crippen molar-refractivity contribution in [3.8, 4) is 0 Å². The summed E-state index contributed by atoms with van der Waals surface area (Å²) in [6, 6.07) is 4.94. The minimum Gasteiger partial charge on any atom is -0.382 e. The van der Waals surface area contributed by atoms with Gasteiger partial charge in [0.2, 0.25) is 0 Å². The Hall–Kier alpha value is -1.86. The molecule has 98 valence electrons. The molecule has 7 heteroatoms. The van der Waals surface area contributed by atoms with E-state index in [1.807, 2.05) is 0 Å². The third kappa shape index (κ3) is 3.08. The number of anilines is 2. The predicted octanol–water partition coefficient (Wildman–Crippen LogP) is 1.47. The summed E-state index contributed by atoms with van der Waals surface area (Å²) in [6.07, 6.45) is 1.79. The van der Waals surface area contributed by atoms with Gasteiger partial charge in [-0.15, -0.1) is 0 Å². The number of hydrogen-bond donors (Lipinski definition) is 3. The molecule has 0 spiro atoms. The lowest BCUT2D eigenvalue weighted by Crippen LogP contribution is -2.27. The molecule has 7 nitrogen and oxygen atoms in total. The summed E-state index contributed by atoms with van der Waals surface area (Å²) in [4.78, 5) is 10.4. The van der Waals surface area contributed by atoms with Crippen LogP contribution < -0.4 is 16.6 Å². The number of non-ortho nitro benzene ring substituents is 1. The van der Waals surface area contributed by atoms with Crippen molar-refractivity contribution in [2.24, 2.45) is 5.84 Å². The lowest BCUT2D eigenvalue weighted by atomic mass is 10.1. The Morgan fingerprint density at radius 3 is 2.56 bits per heavy atom. The fraction of sp³-hybridized carbons (Fsp3) is 0.455. The topological polar surface area (TPSA) is 102 Å². The molecular formula is C11H16N4O3. The summed E-state index contributed by atoms with van der Waals surface area (Å²) >= 11 is 0. The molecule has 1 aromatic carbocycles. The van der Waals surface area contributed by atoms with Gasteiger partial charge in [-0.3, -0.25) is 16.0 Å². The molecule has 2 rings (SSSR count). The Morgan fingerprint density at radius 2 is 1.94 bits per heavy atom. The lowest BCUT2D eigenvalue weighted by Gasteiger charge is -2.24. The number of nitrogen functional groups attached to an aromatic ring is 1. The lowest BCUT2D eigenvalue weighted by molar-refractivity contribution is -0.384. The third-order valence-electron chi connectivity index (χ3n) is 2.89. The second-order valence-electron chi connectivity index (χ2n) is 4.20. The van der Waals surface area contributed by atoms with E-state index in [2.05, 4.69) is 10.7 Å². The molecule has 0 atom stereocenters. The smallest absolute Gasteiger partial charge is 0.273 e. The highest BCUT2D eigenvalue weighted by atomic mass is 16.6. The van der Waals surface area contributed by atoms with Crippen molar-refractivity contribution in [3.05, 3.63) is 28.3 Å². The Bertz CT molecular complexity index is 432. The van der Waals surface area contributed by atoms with Crippen LogP contribution in [0.3, 0.4) is 0 Å². The number of hydrazine groups is 1. The zero-order valence-corrected chi connectivity index (χ0v) is 9.89. The van der Waals surface area contributed by atoms with E-state index in [1.165, 1.54) is 12.1 Å². The molecule has 0 saturated carbocycles. The zero-order valence-electron chi connectivity index (χ0n) is 9.89. The van der Waals surface area contributed by atoms with E-state index in [0.29, 0.717) is 24.6 Å². The molecule has 4 N–H and O–H groups in total. The molecule has 0 amide bonds. The van der Waals surface area contributed by atoms with Gasteiger partial charge in [0.05, 0.1) is 10.6 Å². The van der Waals surface area contributed by atoms with Gasteiger partial charge >= 0.3 is 0 Å². The number of benzene rings is 1. The molecule has 0 bridgehead atoms. The van der Waals surface area contributed by atoms with Crippen LogP contribution in [0.1, 0.15) is 12.8 Å². The van der Waals surface area contributed by atoms with Gasteiger partial charge in [0, 0.05) is 37.1 Å². The maximum Gasteiger partial charge on any atom is 0.273 e. The van der Waals surface area contributed by atoms with Crippen LogP contribution in [0.4, 0.5) is 17.1 Å². The highest BCUT2D eigenvalue weighted by Crippen LogP contribution is 2.25. The summed E-state index contributed by atoms with van der Waals surface area (Å²) < 4.78 is 5.26. The van der Waals surface area contributed by atoms with E-state index >= 15 is 0 Å². The highest BCUT2D eigenvalue weighted by Gasteiger charge is 2.15. The van der Waals surface area contributed by atoms with E-state index in [9.17, 15) is 10.1 Å². The Kier molecular flexibility index (Phi) is 3.96. The van der Waals surface area contributed by atoms with E-state index in [0.717, 1.165) is 12.8 Å². The van der Waals surface area contributed by atoms with Crippen LogP contribution in [0.5, 0.6) is 0 Å². The van der Waals surface area contributed by atoms with Gasteiger partial charge in [0.1, 0.15) is 0 Å². The fourth-order valence-electron chi connectivity index (χ4n) is 1.96. The van der Waals surface area contributed by atoms with Gasteiger partial charge < -0.3 is 15.5 Å². The summed E-state index contributed by atoms with van der Waals surface area (Å²) in [7, 11) is 0. The molecule has 1 fully saturated rings. The van der Waals surface area contributed by atoms with Crippen molar-refractivity contribution < 1.29 is 9.66 Å². The van der Waals surface area contributed by atoms with Gasteiger partial charge in [-0.25, -0.2) is 0 Å². The quantitative estimate of drug-likeness (QED) is 0.426. The van der Waals surface area contributed by atoms with Gasteiger partial charge in [0.25, 0.3) is 5.69 Å². The Balaban J connectivity index is 2.15. The van der Waals surface area contributed by atoms with Crippen molar-refractivity contribution in [2.45, 2.75) is 18.9 Å². The van der Waals surface area contributed by atoms with Crippen LogP contribution in [0.2, 0.25) is 0 Å². The number of nitro groups is 1. The van der Waals surface area contributed by atoms with Crippen LogP contribution in [0.25, 0.3) is 0 Å². The monoisotopic (exact) mass is 252 g/mol. The first kappa shape index (κ1) is 12.6. The van der Waals surface area contributed by atoms with Crippen molar-refractivity contribution in [2.75, 3.05) is 24.0 Å². The van der Waals surface area contributed by atoms with Crippen LogP contribution in [-0.2, 0) is 4.74 Å². The number of hydrogen-bond acceptors (Lipinski definition) is 6. The van der Waals surface area contributed by atoms with Crippen molar-refractivity contribution in [1.29, 1.82) is 0 Å². The van der Waals surface area contributed by atoms with E-state index in [-0.39, 0.29) is 11.7 Å². The number of ether oxygens (including phenoxy) is 1. The first-order valence-electron chi connectivity index (χ1n) is 5.79. The highest BCUT2D eigenvalue weighted by molar-refractivity contribution is 5.63. The molecule has 1 heterocycles. The zero-order chi connectivity index (χ0) is 13.0. The number of nitrogens with zero attached hydrogens (tertiary/aromatic N) is 1. The fourth-order valence-corrected chi connectivity index (χ4v) is 1.96. The predicted molar refractivity (Wildman–Crippen MR) is 68.4 cm³/mol. The largest absolute Gasteiger partial charge is 0.382 e. The van der Waals surface area contributed by atoms with E-state index < -0.39 is 4.92 Å². The number of nitrogens with two attached hydrogens (primary N) is 1. The third-order valence-corrected chi connectivity index (χ3v) is 2.89. The second kappa shape index (κ2) is 5.65. The molecule has 1 aliphatic heterocycles. The number of rotatable bonds is 4. The normalized spacial score (nSPS) is 16.3. The molecule has 0 unspecified atom stereocenters. The van der Waals surface area contributed by atoms with Crippen molar-refractivity contribution in [3.63, 3.8) is 0 Å². The van der Waals surface area contributed by atoms with Crippen molar-refractivity contribution in [1.82, 2.24) is 0 Å². The Morgan fingerprint density at radius 1 is 1.28 bits per heavy atom. The molecule has 0 aliphatic carbocycles. The molecule has 1 saturated heterocycles. The minimum atomic E-state index is -0.435.